The van der Waals surface area contributed by atoms with Crippen molar-refractivity contribution in [2.45, 2.75) is 78.0 Å². The van der Waals surface area contributed by atoms with Gasteiger partial charge in [-0.15, -0.1) is 11.3 Å². The van der Waals surface area contributed by atoms with Crippen molar-refractivity contribution in [1.29, 1.82) is 0 Å². The average Bonchev–Trinajstić information content (AvgIpc) is 2.96. The number of carbonyl (C=O) groups excluding carboxylic acids is 1. The van der Waals surface area contributed by atoms with E-state index in [1.165, 1.54) is 16.9 Å². The molecule has 1 amide bonds. The number of carbonyl (C=O) groups is 1. The minimum atomic E-state index is 0.291. The van der Waals surface area contributed by atoms with Crippen LogP contribution in [0.1, 0.15) is 63.3 Å². The van der Waals surface area contributed by atoms with E-state index in [0.717, 1.165) is 56.3 Å². The molecule has 0 bridgehead atoms. The number of ether oxygens (including phenoxy) is 1. The lowest BCUT2D eigenvalue weighted by Crippen LogP contribution is -2.42. The molecule has 2 atom stereocenters. The van der Waals surface area contributed by atoms with Gasteiger partial charge in [0.1, 0.15) is 6.10 Å². The predicted molar refractivity (Wildman–Crippen MR) is 103 cm³/mol. The van der Waals surface area contributed by atoms with Crippen LogP contribution < -0.4 is 10.1 Å². The van der Waals surface area contributed by atoms with Crippen LogP contribution in [0.2, 0.25) is 0 Å². The van der Waals surface area contributed by atoms with Crippen molar-refractivity contribution in [3.05, 3.63) is 16.5 Å². The standard InChI is InChI=1S/C20H32N2O2S/c1-4-5-19(23)22-9-7-15-11-20(25-18(15)13-22)24-17-6-8-21-16(12-17)10-14(2)3/h11,14,16-17,21H,4-10,12-13H2,1-3H3. The van der Waals surface area contributed by atoms with E-state index in [-0.39, 0.29) is 0 Å². The van der Waals surface area contributed by atoms with Crippen molar-refractivity contribution < 1.29 is 9.53 Å². The molecule has 5 heteroatoms. The SMILES string of the molecule is CCCC(=O)N1CCc2cc(OC3CCNC(CC(C)C)C3)sc2C1. The summed E-state index contributed by atoms with van der Waals surface area (Å²) < 4.78 is 6.34. The minimum absolute atomic E-state index is 0.291. The Morgan fingerprint density at radius 3 is 3.08 bits per heavy atom. The summed E-state index contributed by atoms with van der Waals surface area (Å²) in [6.07, 6.45) is 6.27. The van der Waals surface area contributed by atoms with Crippen molar-refractivity contribution in [3.8, 4) is 5.06 Å². The smallest absolute Gasteiger partial charge is 0.222 e. The average molecular weight is 365 g/mol. The molecule has 1 aromatic rings. The summed E-state index contributed by atoms with van der Waals surface area (Å²) in [5.74, 6) is 1.01. The van der Waals surface area contributed by atoms with Crippen LogP contribution in [-0.2, 0) is 17.8 Å². The van der Waals surface area contributed by atoms with Gasteiger partial charge in [-0.2, -0.15) is 0 Å². The highest BCUT2D eigenvalue weighted by Gasteiger charge is 2.26. The topological polar surface area (TPSA) is 41.6 Å². The molecule has 1 fully saturated rings. The number of thiophene rings is 1. The van der Waals surface area contributed by atoms with E-state index in [0.29, 0.717) is 24.5 Å². The summed E-state index contributed by atoms with van der Waals surface area (Å²) in [6.45, 7) is 9.30. The monoisotopic (exact) mass is 364 g/mol. The maximum absolute atomic E-state index is 12.1. The van der Waals surface area contributed by atoms with E-state index in [9.17, 15) is 4.79 Å². The van der Waals surface area contributed by atoms with Crippen LogP contribution in [0.25, 0.3) is 0 Å². The van der Waals surface area contributed by atoms with Gasteiger partial charge in [0.15, 0.2) is 5.06 Å². The van der Waals surface area contributed by atoms with Crippen molar-refractivity contribution in [1.82, 2.24) is 10.2 Å². The number of piperidine rings is 1. The summed E-state index contributed by atoms with van der Waals surface area (Å²) in [4.78, 5) is 15.5. The Morgan fingerprint density at radius 1 is 1.48 bits per heavy atom. The molecule has 1 saturated heterocycles. The molecular formula is C20H32N2O2S. The number of hydrogen-bond acceptors (Lipinski definition) is 4. The van der Waals surface area contributed by atoms with Crippen LogP contribution in [0.15, 0.2) is 6.07 Å². The Bertz CT molecular complexity index is 584. The Morgan fingerprint density at radius 2 is 2.32 bits per heavy atom. The van der Waals surface area contributed by atoms with Gasteiger partial charge in [0.2, 0.25) is 5.91 Å². The largest absolute Gasteiger partial charge is 0.481 e. The lowest BCUT2D eigenvalue weighted by Gasteiger charge is -2.31. The van der Waals surface area contributed by atoms with Gasteiger partial charge >= 0.3 is 0 Å². The Balaban J connectivity index is 1.57. The summed E-state index contributed by atoms with van der Waals surface area (Å²) in [6, 6.07) is 2.80. The van der Waals surface area contributed by atoms with Crippen LogP contribution in [0.3, 0.4) is 0 Å². The van der Waals surface area contributed by atoms with Gasteiger partial charge in [-0.05, 0) is 56.2 Å². The Hall–Kier alpha value is -1.07. The molecule has 0 radical (unpaired) electrons. The molecule has 0 saturated carbocycles. The molecule has 4 nitrogen and oxygen atoms in total. The number of fused-ring (bicyclic) bond motifs is 1. The van der Waals surface area contributed by atoms with Crippen LogP contribution in [0.5, 0.6) is 5.06 Å². The van der Waals surface area contributed by atoms with E-state index < -0.39 is 0 Å². The number of nitrogens with zero attached hydrogens (tertiary/aromatic N) is 1. The van der Waals surface area contributed by atoms with Crippen LogP contribution >= 0.6 is 11.3 Å². The first kappa shape index (κ1) is 18.7. The van der Waals surface area contributed by atoms with Gasteiger partial charge in [-0.25, -0.2) is 0 Å². The first-order valence-electron chi connectivity index (χ1n) is 9.84. The third-order valence-electron chi connectivity index (χ3n) is 5.16. The number of rotatable bonds is 6. The summed E-state index contributed by atoms with van der Waals surface area (Å²) in [7, 11) is 0. The van der Waals surface area contributed by atoms with Crippen molar-refractivity contribution in [3.63, 3.8) is 0 Å². The maximum atomic E-state index is 12.1. The third kappa shape index (κ3) is 4.98. The van der Waals surface area contributed by atoms with Crippen LogP contribution in [-0.4, -0.2) is 36.0 Å². The second-order valence-electron chi connectivity index (χ2n) is 7.87. The summed E-state index contributed by atoms with van der Waals surface area (Å²) in [5, 5.41) is 4.67. The molecule has 140 valence electrons. The van der Waals surface area contributed by atoms with E-state index in [2.05, 4.69) is 32.2 Å². The van der Waals surface area contributed by atoms with Crippen molar-refractivity contribution >= 4 is 17.2 Å². The molecule has 0 aliphatic carbocycles. The third-order valence-corrected chi connectivity index (χ3v) is 6.21. The van der Waals surface area contributed by atoms with E-state index in [4.69, 9.17) is 4.74 Å². The summed E-state index contributed by atoms with van der Waals surface area (Å²) >= 11 is 1.75. The first-order valence-corrected chi connectivity index (χ1v) is 10.7. The van der Waals surface area contributed by atoms with Gasteiger partial charge in [0.25, 0.3) is 0 Å². The quantitative estimate of drug-likeness (QED) is 0.830. The fourth-order valence-electron chi connectivity index (χ4n) is 3.92. The van der Waals surface area contributed by atoms with Gasteiger partial charge in [-0.3, -0.25) is 4.79 Å². The van der Waals surface area contributed by atoms with Gasteiger partial charge < -0.3 is 15.0 Å². The molecular weight excluding hydrogens is 332 g/mol. The number of nitrogens with one attached hydrogen (secondary N) is 1. The minimum Gasteiger partial charge on any atom is -0.481 e. The van der Waals surface area contributed by atoms with Gasteiger partial charge in [0, 0.05) is 23.9 Å². The number of hydrogen-bond donors (Lipinski definition) is 1. The highest BCUT2D eigenvalue weighted by Crippen LogP contribution is 2.35. The number of amides is 1. The molecule has 1 aromatic heterocycles. The highest BCUT2D eigenvalue weighted by atomic mass is 32.1. The van der Waals surface area contributed by atoms with E-state index in [1.807, 2.05) is 4.90 Å². The first-order chi connectivity index (χ1) is 12.0. The normalized spacial score (nSPS) is 23.6. The second kappa shape index (κ2) is 8.54. The zero-order valence-electron chi connectivity index (χ0n) is 15.8. The second-order valence-corrected chi connectivity index (χ2v) is 8.97. The zero-order chi connectivity index (χ0) is 17.8. The van der Waals surface area contributed by atoms with Gasteiger partial charge in [-0.1, -0.05) is 20.8 Å². The molecule has 3 heterocycles. The molecule has 2 unspecified atom stereocenters. The van der Waals surface area contributed by atoms with E-state index in [1.54, 1.807) is 11.3 Å². The van der Waals surface area contributed by atoms with Crippen molar-refractivity contribution in [2.24, 2.45) is 5.92 Å². The summed E-state index contributed by atoms with van der Waals surface area (Å²) in [5.41, 5.74) is 1.38. The predicted octanol–water partition coefficient (Wildman–Crippen LogP) is 3.98. The Labute approximate surface area is 155 Å². The highest BCUT2D eigenvalue weighted by molar-refractivity contribution is 7.14. The van der Waals surface area contributed by atoms with Crippen molar-refractivity contribution in [2.75, 3.05) is 13.1 Å². The lowest BCUT2D eigenvalue weighted by molar-refractivity contribution is -0.132. The van der Waals surface area contributed by atoms with Crippen LogP contribution in [0, 0.1) is 5.92 Å². The maximum Gasteiger partial charge on any atom is 0.222 e. The molecule has 1 N–H and O–H groups in total. The van der Waals surface area contributed by atoms with E-state index >= 15 is 0 Å². The molecule has 2 aliphatic heterocycles. The van der Waals surface area contributed by atoms with Crippen LogP contribution in [0.4, 0.5) is 0 Å². The molecule has 2 aliphatic rings. The fourth-order valence-corrected chi connectivity index (χ4v) is 5.06. The van der Waals surface area contributed by atoms with Gasteiger partial charge in [0.05, 0.1) is 6.54 Å². The lowest BCUT2D eigenvalue weighted by atomic mass is 9.94. The molecule has 25 heavy (non-hydrogen) atoms. The zero-order valence-corrected chi connectivity index (χ0v) is 16.7. The molecule has 0 spiro atoms. The fraction of sp³-hybridized carbons (Fsp3) is 0.750. The molecule has 0 aromatic carbocycles. The Kier molecular flexibility index (Phi) is 6.39. The molecule has 3 rings (SSSR count).